The van der Waals surface area contributed by atoms with E-state index in [2.05, 4.69) is 9.97 Å². The Morgan fingerprint density at radius 3 is 2.77 bits per heavy atom. The maximum absolute atomic E-state index is 11.6. The number of H-pyrrole nitrogens is 1. The Morgan fingerprint density at radius 2 is 2.05 bits per heavy atom. The lowest BCUT2D eigenvalue weighted by atomic mass is 10.0. The molecule has 1 aromatic carbocycles. The van der Waals surface area contributed by atoms with Crippen molar-refractivity contribution in [3.05, 3.63) is 63.9 Å². The molecule has 0 aliphatic heterocycles. The Kier molecular flexibility index (Phi) is 3.88. The van der Waals surface area contributed by atoms with Crippen LogP contribution in [0.1, 0.15) is 11.1 Å². The Labute approximate surface area is 136 Å². The van der Waals surface area contributed by atoms with Crippen molar-refractivity contribution in [1.82, 2.24) is 9.97 Å². The maximum Gasteiger partial charge on any atom is 0.336 e. The first kappa shape index (κ1) is 14.6. The van der Waals surface area contributed by atoms with Crippen LogP contribution >= 0.6 is 23.2 Å². The fourth-order valence-electron chi connectivity index (χ4n) is 2.18. The second-order valence-corrected chi connectivity index (χ2v) is 5.45. The van der Waals surface area contributed by atoms with Crippen LogP contribution in [0.25, 0.3) is 22.7 Å². The van der Waals surface area contributed by atoms with Crippen molar-refractivity contribution >= 4 is 51.9 Å². The standard InChI is InChI=1S/C16H10Cl2N2O2/c17-13-4-3-9(7-14(13)18)12(16(21)22)6-10-8-20-15-11(10)2-1-5-19-15/h1-8H,(H,19,20)(H,21,22). The van der Waals surface area contributed by atoms with E-state index in [0.717, 1.165) is 10.9 Å². The van der Waals surface area contributed by atoms with E-state index in [1.54, 1.807) is 36.7 Å². The smallest absolute Gasteiger partial charge is 0.336 e. The van der Waals surface area contributed by atoms with Crippen molar-refractivity contribution in [3.63, 3.8) is 0 Å². The average molecular weight is 333 g/mol. The van der Waals surface area contributed by atoms with Crippen LogP contribution in [0.3, 0.4) is 0 Å². The van der Waals surface area contributed by atoms with E-state index in [4.69, 9.17) is 23.2 Å². The normalized spacial score (nSPS) is 11.8. The van der Waals surface area contributed by atoms with Gasteiger partial charge in [-0.25, -0.2) is 9.78 Å². The van der Waals surface area contributed by atoms with Gasteiger partial charge in [0, 0.05) is 23.3 Å². The molecule has 4 nitrogen and oxygen atoms in total. The number of carbonyl (C=O) groups is 1. The molecular formula is C16H10Cl2N2O2. The average Bonchev–Trinajstić information content (AvgIpc) is 2.91. The van der Waals surface area contributed by atoms with Crippen molar-refractivity contribution in [1.29, 1.82) is 0 Å². The maximum atomic E-state index is 11.6. The molecule has 0 spiro atoms. The highest BCUT2D eigenvalue weighted by Crippen LogP contribution is 2.28. The van der Waals surface area contributed by atoms with E-state index in [1.165, 1.54) is 6.07 Å². The van der Waals surface area contributed by atoms with Gasteiger partial charge in [-0.05, 0) is 35.9 Å². The van der Waals surface area contributed by atoms with Crippen LogP contribution in [0.15, 0.2) is 42.7 Å². The zero-order valence-electron chi connectivity index (χ0n) is 11.2. The van der Waals surface area contributed by atoms with Crippen LogP contribution in [-0.2, 0) is 4.79 Å². The molecule has 0 atom stereocenters. The Hall–Kier alpha value is -2.30. The third kappa shape index (κ3) is 2.71. The first-order valence-corrected chi connectivity index (χ1v) is 7.14. The summed E-state index contributed by atoms with van der Waals surface area (Å²) in [6.45, 7) is 0. The topological polar surface area (TPSA) is 66.0 Å². The van der Waals surface area contributed by atoms with Gasteiger partial charge in [0.2, 0.25) is 0 Å². The van der Waals surface area contributed by atoms with E-state index in [-0.39, 0.29) is 5.57 Å². The Balaban J connectivity index is 2.15. The Bertz CT molecular complexity index is 900. The monoisotopic (exact) mass is 332 g/mol. The highest BCUT2D eigenvalue weighted by Gasteiger charge is 2.13. The molecule has 2 aromatic heterocycles. The molecule has 3 aromatic rings. The summed E-state index contributed by atoms with van der Waals surface area (Å²) < 4.78 is 0. The van der Waals surface area contributed by atoms with E-state index >= 15 is 0 Å². The summed E-state index contributed by atoms with van der Waals surface area (Å²) in [7, 11) is 0. The number of carboxylic acids is 1. The highest BCUT2D eigenvalue weighted by molar-refractivity contribution is 6.42. The number of halogens is 2. The van der Waals surface area contributed by atoms with Gasteiger partial charge >= 0.3 is 5.97 Å². The quantitative estimate of drug-likeness (QED) is 0.694. The summed E-state index contributed by atoms with van der Waals surface area (Å²) >= 11 is 11.8. The highest BCUT2D eigenvalue weighted by atomic mass is 35.5. The van der Waals surface area contributed by atoms with Gasteiger partial charge < -0.3 is 10.1 Å². The van der Waals surface area contributed by atoms with Gasteiger partial charge in [-0.3, -0.25) is 0 Å². The number of carboxylic acid groups (broad SMARTS) is 1. The lowest BCUT2D eigenvalue weighted by Gasteiger charge is -2.04. The molecule has 6 heteroatoms. The number of pyridine rings is 1. The van der Waals surface area contributed by atoms with Crippen LogP contribution in [0.2, 0.25) is 10.0 Å². The van der Waals surface area contributed by atoms with Gasteiger partial charge in [0.25, 0.3) is 0 Å². The molecule has 22 heavy (non-hydrogen) atoms. The van der Waals surface area contributed by atoms with Crippen LogP contribution in [0, 0.1) is 0 Å². The number of aromatic amines is 1. The lowest BCUT2D eigenvalue weighted by molar-refractivity contribution is -0.130. The first-order valence-electron chi connectivity index (χ1n) is 6.39. The molecule has 110 valence electrons. The fourth-order valence-corrected chi connectivity index (χ4v) is 2.48. The minimum Gasteiger partial charge on any atom is -0.478 e. The van der Waals surface area contributed by atoms with Gasteiger partial charge in [-0.15, -0.1) is 0 Å². The van der Waals surface area contributed by atoms with E-state index in [0.29, 0.717) is 21.3 Å². The van der Waals surface area contributed by atoms with E-state index < -0.39 is 5.97 Å². The Morgan fingerprint density at radius 1 is 1.23 bits per heavy atom. The van der Waals surface area contributed by atoms with Crippen molar-refractivity contribution in [2.24, 2.45) is 0 Å². The second kappa shape index (κ2) is 5.83. The largest absolute Gasteiger partial charge is 0.478 e. The number of hydrogen-bond donors (Lipinski definition) is 2. The number of fused-ring (bicyclic) bond motifs is 1. The zero-order valence-corrected chi connectivity index (χ0v) is 12.7. The minimum absolute atomic E-state index is 0.128. The summed E-state index contributed by atoms with van der Waals surface area (Å²) in [4.78, 5) is 18.8. The first-order chi connectivity index (χ1) is 10.6. The summed E-state index contributed by atoms with van der Waals surface area (Å²) in [6, 6.07) is 8.41. The molecule has 0 saturated heterocycles. The molecule has 0 bridgehead atoms. The van der Waals surface area contributed by atoms with E-state index in [1.807, 2.05) is 6.07 Å². The summed E-state index contributed by atoms with van der Waals surface area (Å²) in [5, 5.41) is 11.0. The van der Waals surface area contributed by atoms with Crippen molar-refractivity contribution in [2.75, 3.05) is 0 Å². The van der Waals surface area contributed by atoms with Crippen molar-refractivity contribution < 1.29 is 9.90 Å². The van der Waals surface area contributed by atoms with Gasteiger partial charge in [0.1, 0.15) is 5.65 Å². The van der Waals surface area contributed by atoms with Crippen molar-refractivity contribution in [2.45, 2.75) is 0 Å². The number of aromatic nitrogens is 2. The molecule has 0 aliphatic carbocycles. The minimum atomic E-state index is -1.04. The van der Waals surface area contributed by atoms with E-state index in [9.17, 15) is 9.90 Å². The third-order valence-corrected chi connectivity index (χ3v) is 3.98. The number of rotatable bonds is 3. The third-order valence-electron chi connectivity index (χ3n) is 3.24. The molecule has 0 unspecified atom stereocenters. The molecule has 0 saturated carbocycles. The predicted octanol–water partition coefficient (Wildman–Crippen LogP) is 4.49. The molecule has 0 amide bonds. The summed E-state index contributed by atoms with van der Waals surface area (Å²) in [6.07, 6.45) is 4.98. The molecule has 0 aliphatic rings. The molecular weight excluding hydrogens is 323 g/mol. The molecule has 0 fully saturated rings. The predicted molar refractivity (Wildman–Crippen MR) is 88.1 cm³/mol. The second-order valence-electron chi connectivity index (χ2n) is 4.64. The van der Waals surface area contributed by atoms with Crippen LogP contribution < -0.4 is 0 Å². The zero-order chi connectivity index (χ0) is 15.7. The van der Waals surface area contributed by atoms with Crippen LogP contribution in [0.4, 0.5) is 0 Å². The molecule has 0 radical (unpaired) electrons. The number of benzene rings is 1. The van der Waals surface area contributed by atoms with Gasteiger partial charge in [-0.2, -0.15) is 0 Å². The number of hydrogen-bond acceptors (Lipinski definition) is 2. The number of nitrogens with zero attached hydrogens (tertiary/aromatic N) is 1. The van der Waals surface area contributed by atoms with Crippen molar-refractivity contribution in [3.8, 4) is 0 Å². The van der Waals surface area contributed by atoms with Crippen LogP contribution in [-0.4, -0.2) is 21.0 Å². The van der Waals surface area contributed by atoms with Gasteiger partial charge in [0.15, 0.2) is 0 Å². The fraction of sp³-hybridized carbons (Fsp3) is 0. The number of nitrogens with one attached hydrogen (secondary N) is 1. The molecule has 2 heterocycles. The van der Waals surface area contributed by atoms with Gasteiger partial charge in [0.05, 0.1) is 15.6 Å². The number of aliphatic carboxylic acids is 1. The summed E-state index contributed by atoms with van der Waals surface area (Å²) in [5.41, 5.74) is 2.06. The van der Waals surface area contributed by atoms with Crippen LogP contribution in [0.5, 0.6) is 0 Å². The summed E-state index contributed by atoms with van der Waals surface area (Å²) in [5.74, 6) is -1.04. The molecule has 3 rings (SSSR count). The SMILES string of the molecule is O=C(O)C(=Cc1c[nH]c2ncccc12)c1ccc(Cl)c(Cl)c1. The lowest BCUT2D eigenvalue weighted by Crippen LogP contribution is -1.99. The van der Waals surface area contributed by atoms with Gasteiger partial charge in [-0.1, -0.05) is 29.3 Å². The molecule has 2 N–H and O–H groups in total.